The number of hydrogen-bond acceptors (Lipinski definition) is 4. The zero-order valence-corrected chi connectivity index (χ0v) is 7.04. The van der Waals surface area contributed by atoms with Gasteiger partial charge in [0.1, 0.15) is 6.54 Å². The lowest BCUT2D eigenvalue weighted by Gasteiger charge is -2.07. The van der Waals surface area contributed by atoms with E-state index in [4.69, 9.17) is 5.11 Å². The van der Waals surface area contributed by atoms with Crippen molar-refractivity contribution < 1.29 is 18.3 Å². The number of hydrogen-bond donors (Lipinski definition) is 2. The van der Waals surface area contributed by atoms with E-state index >= 15 is 0 Å². The van der Waals surface area contributed by atoms with Crippen molar-refractivity contribution in [3.8, 4) is 0 Å². The molecule has 0 aliphatic heterocycles. The van der Waals surface area contributed by atoms with Crippen molar-refractivity contribution in [3.63, 3.8) is 0 Å². The Labute approximate surface area is 77.8 Å². The minimum Gasteiger partial charge on any atom is -0.390 e. The van der Waals surface area contributed by atoms with Crippen molar-refractivity contribution >= 4 is 5.95 Å². The molecule has 1 aromatic rings. The second kappa shape index (κ2) is 4.23. The molecule has 1 heterocycles. The maximum atomic E-state index is 11.8. The van der Waals surface area contributed by atoms with Crippen molar-refractivity contribution in [3.05, 3.63) is 18.0 Å². The molecule has 0 saturated carbocycles. The molecule has 0 fully saturated rings. The van der Waals surface area contributed by atoms with Gasteiger partial charge in [-0.15, -0.1) is 0 Å². The molecule has 0 unspecified atom stereocenters. The number of aliphatic hydroxyl groups is 1. The Morgan fingerprint density at radius 3 is 2.71 bits per heavy atom. The highest BCUT2D eigenvalue weighted by Crippen LogP contribution is 2.14. The molecule has 0 amide bonds. The van der Waals surface area contributed by atoms with E-state index in [0.717, 1.165) is 0 Å². The Balaban J connectivity index is 2.59. The summed E-state index contributed by atoms with van der Waals surface area (Å²) in [5.41, 5.74) is 0.268. The molecule has 1 rings (SSSR count). The fraction of sp³-hybridized carbons (Fsp3) is 0.429. The molecular formula is C7H8F3N3O. The Hall–Kier alpha value is -1.37. The molecule has 7 heteroatoms. The number of nitrogens with zero attached hydrogens (tertiary/aromatic N) is 2. The van der Waals surface area contributed by atoms with E-state index in [2.05, 4.69) is 9.97 Å². The van der Waals surface area contributed by atoms with Gasteiger partial charge in [-0.2, -0.15) is 13.2 Å². The van der Waals surface area contributed by atoms with Crippen LogP contribution in [0.2, 0.25) is 0 Å². The first-order valence-corrected chi connectivity index (χ1v) is 3.74. The molecule has 0 atom stereocenters. The molecule has 1 aromatic heterocycles. The standard InChI is InChI=1S/C7H8F3N3O/c8-7(9,10)4-12-6-11-2-1-5(3-14)13-6/h1-2,14H,3-4H2,(H,11,12,13). The largest absolute Gasteiger partial charge is 0.405 e. The first-order chi connectivity index (χ1) is 6.51. The second-order valence-electron chi connectivity index (χ2n) is 2.50. The molecule has 0 aromatic carbocycles. The van der Waals surface area contributed by atoms with Gasteiger partial charge in [-0.1, -0.05) is 0 Å². The van der Waals surface area contributed by atoms with Crippen LogP contribution in [0.3, 0.4) is 0 Å². The summed E-state index contributed by atoms with van der Waals surface area (Å²) >= 11 is 0. The summed E-state index contributed by atoms with van der Waals surface area (Å²) in [5.74, 6) is -0.145. The van der Waals surface area contributed by atoms with Crippen LogP contribution in [0.1, 0.15) is 5.69 Å². The summed E-state index contributed by atoms with van der Waals surface area (Å²) in [6.45, 7) is -1.52. The molecule has 0 bridgehead atoms. The van der Waals surface area contributed by atoms with Crippen molar-refractivity contribution in [2.24, 2.45) is 0 Å². The summed E-state index contributed by atoms with van der Waals surface area (Å²) in [6.07, 6.45) is -3.03. The third-order valence-corrected chi connectivity index (χ3v) is 1.32. The average Bonchev–Trinajstić information content (AvgIpc) is 2.14. The van der Waals surface area contributed by atoms with Crippen molar-refractivity contribution in [1.82, 2.24) is 9.97 Å². The fourth-order valence-electron chi connectivity index (χ4n) is 0.749. The maximum Gasteiger partial charge on any atom is 0.405 e. The van der Waals surface area contributed by atoms with E-state index in [9.17, 15) is 13.2 Å². The van der Waals surface area contributed by atoms with Crippen LogP contribution < -0.4 is 5.32 Å². The van der Waals surface area contributed by atoms with Gasteiger partial charge < -0.3 is 10.4 Å². The Kier molecular flexibility index (Phi) is 3.23. The number of aromatic nitrogens is 2. The van der Waals surface area contributed by atoms with E-state index in [1.807, 2.05) is 5.32 Å². The SMILES string of the molecule is OCc1ccnc(NCC(F)(F)F)n1. The molecule has 0 spiro atoms. The summed E-state index contributed by atoms with van der Waals surface area (Å²) in [6, 6.07) is 1.42. The number of rotatable bonds is 3. The van der Waals surface area contributed by atoms with Crippen molar-refractivity contribution in [2.75, 3.05) is 11.9 Å². The summed E-state index contributed by atoms with van der Waals surface area (Å²) in [4.78, 5) is 7.18. The maximum absolute atomic E-state index is 11.8. The number of halogens is 3. The van der Waals surface area contributed by atoms with Gasteiger partial charge in [0.25, 0.3) is 0 Å². The first-order valence-electron chi connectivity index (χ1n) is 3.74. The molecule has 0 aliphatic carbocycles. The topological polar surface area (TPSA) is 58.0 Å². The van der Waals surface area contributed by atoms with Crippen LogP contribution in [-0.2, 0) is 6.61 Å². The lowest BCUT2D eigenvalue weighted by atomic mass is 10.4. The Morgan fingerprint density at radius 2 is 2.14 bits per heavy atom. The van der Waals surface area contributed by atoms with Crippen LogP contribution in [-0.4, -0.2) is 27.8 Å². The van der Waals surface area contributed by atoms with E-state index in [1.54, 1.807) is 0 Å². The minimum absolute atomic E-state index is 0.145. The monoisotopic (exact) mass is 207 g/mol. The van der Waals surface area contributed by atoms with Gasteiger partial charge >= 0.3 is 6.18 Å². The van der Waals surface area contributed by atoms with E-state index in [1.165, 1.54) is 12.3 Å². The number of aliphatic hydroxyl groups excluding tert-OH is 1. The molecule has 0 radical (unpaired) electrons. The van der Waals surface area contributed by atoms with Gasteiger partial charge in [-0.25, -0.2) is 9.97 Å². The Bertz CT molecular complexity index is 302. The number of anilines is 1. The van der Waals surface area contributed by atoms with Crippen molar-refractivity contribution in [1.29, 1.82) is 0 Å². The highest BCUT2D eigenvalue weighted by atomic mass is 19.4. The third-order valence-electron chi connectivity index (χ3n) is 1.32. The number of nitrogens with one attached hydrogen (secondary N) is 1. The quantitative estimate of drug-likeness (QED) is 0.774. The predicted molar refractivity (Wildman–Crippen MR) is 42.5 cm³/mol. The highest BCUT2D eigenvalue weighted by molar-refractivity contribution is 5.24. The Morgan fingerprint density at radius 1 is 1.43 bits per heavy atom. The van der Waals surface area contributed by atoms with Gasteiger partial charge in [-0.3, -0.25) is 0 Å². The predicted octanol–water partition coefficient (Wildman–Crippen LogP) is 0.943. The molecule has 0 aliphatic rings. The van der Waals surface area contributed by atoms with Gasteiger partial charge in [0.2, 0.25) is 5.95 Å². The molecular weight excluding hydrogens is 199 g/mol. The van der Waals surface area contributed by atoms with Crippen molar-refractivity contribution in [2.45, 2.75) is 12.8 Å². The molecule has 0 saturated heterocycles. The summed E-state index contributed by atoms with van der Waals surface area (Å²) in [7, 11) is 0. The lowest BCUT2D eigenvalue weighted by molar-refractivity contribution is -0.115. The molecule has 14 heavy (non-hydrogen) atoms. The minimum atomic E-state index is -4.31. The zero-order chi connectivity index (χ0) is 10.6. The van der Waals surface area contributed by atoms with E-state index in [-0.39, 0.29) is 18.2 Å². The molecule has 4 nitrogen and oxygen atoms in total. The van der Waals surface area contributed by atoms with E-state index in [0.29, 0.717) is 0 Å². The van der Waals surface area contributed by atoms with E-state index < -0.39 is 12.7 Å². The molecule has 2 N–H and O–H groups in total. The van der Waals surface area contributed by atoms with Gasteiger partial charge in [0, 0.05) is 6.20 Å². The van der Waals surface area contributed by atoms with Gasteiger partial charge in [0.15, 0.2) is 0 Å². The normalized spacial score (nSPS) is 11.4. The van der Waals surface area contributed by atoms with Crippen LogP contribution >= 0.6 is 0 Å². The average molecular weight is 207 g/mol. The third kappa shape index (κ3) is 3.56. The number of alkyl halides is 3. The van der Waals surface area contributed by atoms with Gasteiger partial charge in [0.05, 0.1) is 12.3 Å². The van der Waals surface area contributed by atoms with Crippen LogP contribution in [0.15, 0.2) is 12.3 Å². The first kappa shape index (κ1) is 10.7. The molecule has 78 valence electrons. The summed E-state index contributed by atoms with van der Waals surface area (Å²) in [5, 5.41) is 10.7. The lowest BCUT2D eigenvalue weighted by Crippen LogP contribution is -2.22. The van der Waals surface area contributed by atoms with Crippen LogP contribution in [0.25, 0.3) is 0 Å². The van der Waals surface area contributed by atoms with Gasteiger partial charge in [-0.05, 0) is 6.07 Å². The van der Waals surface area contributed by atoms with Crippen LogP contribution in [0.4, 0.5) is 19.1 Å². The van der Waals surface area contributed by atoms with Crippen LogP contribution in [0.5, 0.6) is 0 Å². The van der Waals surface area contributed by atoms with Crippen LogP contribution in [0, 0.1) is 0 Å². The summed E-state index contributed by atoms with van der Waals surface area (Å²) < 4.78 is 35.3. The highest BCUT2D eigenvalue weighted by Gasteiger charge is 2.26. The second-order valence-corrected chi connectivity index (χ2v) is 2.50. The zero-order valence-electron chi connectivity index (χ0n) is 7.04. The fourth-order valence-corrected chi connectivity index (χ4v) is 0.749. The smallest absolute Gasteiger partial charge is 0.390 e.